The molecule has 9 nitrogen and oxygen atoms in total. The van der Waals surface area contributed by atoms with E-state index in [4.69, 9.17) is 14.9 Å². The largest absolute Gasteiger partial charge is 0.480 e. The lowest BCUT2D eigenvalue weighted by Crippen LogP contribution is -2.40. The van der Waals surface area contributed by atoms with E-state index in [9.17, 15) is 45.5 Å². The van der Waals surface area contributed by atoms with Gasteiger partial charge in [0.1, 0.15) is 19.7 Å². The number of amides is 2. The van der Waals surface area contributed by atoms with E-state index in [-0.39, 0.29) is 13.2 Å². The van der Waals surface area contributed by atoms with Gasteiger partial charge in [-0.25, -0.2) is 0 Å². The first-order chi connectivity index (χ1) is 27.1. The van der Waals surface area contributed by atoms with E-state index < -0.39 is 49.2 Å². The maximum atomic E-state index is 12.0. The van der Waals surface area contributed by atoms with Crippen LogP contribution in [0.5, 0.6) is 0 Å². The van der Waals surface area contributed by atoms with Crippen LogP contribution in [0.15, 0.2) is 121 Å². The predicted octanol–water partition coefficient (Wildman–Crippen LogP) is 6.16. The Hall–Kier alpha value is -7.10. The van der Waals surface area contributed by atoms with Crippen molar-refractivity contribution in [2.24, 2.45) is 0 Å². The molecule has 0 aromatic heterocycles. The van der Waals surface area contributed by atoms with Crippen LogP contribution in [0.2, 0.25) is 0 Å². The summed E-state index contributed by atoms with van der Waals surface area (Å²) in [5.74, 6) is 5.41. The van der Waals surface area contributed by atoms with E-state index >= 15 is 0 Å². The van der Waals surface area contributed by atoms with Gasteiger partial charge in [-0.1, -0.05) is 103 Å². The molecule has 0 saturated carbocycles. The molecule has 296 valence electrons. The second-order valence-electron chi connectivity index (χ2n) is 10.9. The van der Waals surface area contributed by atoms with Crippen LogP contribution < -0.4 is 10.6 Å². The number of carboxylic acid groups (broad SMARTS) is 1. The van der Waals surface area contributed by atoms with Crippen molar-refractivity contribution in [3.05, 3.63) is 155 Å². The van der Waals surface area contributed by atoms with Crippen LogP contribution in [0.25, 0.3) is 12.2 Å². The summed E-state index contributed by atoms with van der Waals surface area (Å²) in [5, 5.41) is 19.1. The number of ether oxygens (including phenoxy) is 1. The molecule has 57 heavy (non-hydrogen) atoms. The smallest absolute Gasteiger partial charge is 0.471 e. The van der Waals surface area contributed by atoms with Crippen LogP contribution in [-0.2, 0) is 23.9 Å². The number of carbonyl (C=O) groups is 4. The van der Waals surface area contributed by atoms with Crippen LogP contribution in [0.1, 0.15) is 33.4 Å². The highest BCUT2D eigenvalue weighted by Gasteiger charge is 2.39. The average molecular weight is 793 g/mol. The quantitative estimate of drug-likeness (QED) is 0.0904. The molecule has 4 rings (SSSR count). The molecule has 2 amide bonds. The standard InChI is InChI=1S/C21H16F3NO3.C17H14O.C4H4F3NO3/c22-21(23,24)20(27)25-15-19(26)28-14-4-7-17-9-12-18(13-10-17)11-8-16-5-2-1-3-6-16;18-14-4-7-16-9-12-17(13-10-16)11-8-15-5-2-1-3-6-15;5-4(6,7)3(11)8-1-2(9)10/h1-7,9-10,12-13H,14-15H2,(H,25,27);1-7,9-10,12-13,18H,14H2;1H2,(H,8,11)(H,9,10)/b2*7-4+;. The van der Waals surface area contributed by atoms with Crippen LogP contribution in [-0.4, -0.2) is 72.6 Å². The first-order valence-corrected chi connectivity index (χ1v) is 16.4. The van der Waals surface area contributed by atoms with E-state index in [2.05, 4.69) is 23.7 Å². The summed E-state index contributed by atoms with van der Waals surface area (Å²) in [6.45, 7) is -1.94. The number of hydrogen-bond donors (Lipinski definition) is 4. The Morgan fingerprint density at radius 3 is 1.30 bits per heavy atom. The third kappa shape index (κ3) is 20.8. The maximum absolute atomic E-state index is 12.0. The first-order valence-electron chi connectivity index (χ1n) is 16.4. The minimum Gasteiger partial charge on any atom is -0.480 e. The highest BCUT2D eigenvalue weighted by molar-refractivity contribution is 5.86. The van der Waals surface area contributed by atoms with Gasteiger partial charge in [0, 0.05) is 22.3 Å². The van der Waals surface area contributed by atoms with E-state index in [0.717, 1.165) is 38.7 Å². The molecule has 4 aromatic rings. The zero-order valence-corrected chi connectivity index (χ0v) is 29.7. The van der Waals surface area contributed by atoms with E-state index in [1.165, 1.54) is 11.4 Å². The monoisotopic (exact) mass is 792 g/mol. The molecule has 15 heteroatoms. The molecule has 0 aliphatic rings. The number of aliphatic carboxylic acids is 1. The lowest BCUT2D eigenvalue weighted by atomic mass is 10.1. The highest BCUT2D eigenvalue weighted by Crippen LogP contribution is 2.14. The van der Waals surface area contributed by atoms with E-state index in [1.807, 2.05) is 115 Å². The fourth-order valence-electron chi connectivity index (χ4n) is 3.76. The van der Waals surface area contributed by atoms with Crippen molar-refractivity contribution >= 4 is 35.9 Å². The highest BCUT2D eigenvalue weighted by atomic mass is 19.4. The summed E-state index contributed by atoms with van der Waals surface area (Å²) in [6.07, 6.45) is -3.23. The Balaban J connectivity index is 0.000000330. The lowest BCUT2D eigenvalue weighted by molar-refractivity contribution is -0.174. The molecule has 0 aliphatic heterocycles. The number of benzene rings is 4. The molecule has 0 fully saturated rings. The second-order valence-corrected chi connectivity index (χ2v) is 10.9. The van der Waals surface area contributed by atoms with Crippen LogP contribution in [0.4, 0.5) is 26.3 Å². The zero-order valence-electron chi connectivity index (χ0n) is 29.7. The maximum Gasteiger partial charge on any atom is 0.471 e. The van der Waals surface area contributed by atoms with Crippen LogP contribution >= 0.6 is 0 Å². The Labute approximate surface area is 323 Å². The van der Waals surface area contributed by atoms with Crippen LogP contribution in [0.3, 0.4) is 0 Å². The van der Waals surface area contributed by atoms with Crippen LogP contribution in [0, 0.1) is 23.7 Å². The normalized spacial score (nSPS) is 10.6. The molecule has 0 saturated heterocycles. The summed E-state index contributed by atoms with van der Waals surface area (Å²) in [5.41, 5.74) is 5.66. The second kappa shape index (κ2) is 24.3. The third-order valence-electron chi connectivity index (χ3n) is 6.45. The fraction of sp³-hybridized carbons (Fsp3) is 0.143. The minimum absolute atomic E-state index is 0.0650. The van der Waals surface area contributed by atoms with Gasteiger partial charge in [-0.2, -0.15) is 26.3 Å². The molecule has 0 spiro atoms. The number of carbonyl (C=O) groups excluding carboxylic acids is 3. The van der Waals surface area contributed by atoms with Crippen molar-refractivity contribution in [2.45, 2.75) is 12.4 Å². The zero-order chi connectivity index (χ0) is 42.1. The van der Waals surface area contributed by atoms with Gasteiger partial charge < -0.3 is 25.6 Å². The summed E-state index contributed by atoms with van der Waals surface area (Å²) < 4.78 is 74.5. The van der Waals surface area contributed by atoms with Crippen molar-refractivity contribution in [3.8, 4) is 23.7 Å². The summed E-state index contributed by atoms with van der Waals surface area (Å²) in [7, 11) is 0. The number of halogens is 6. The molecule has 0 bridgehead atoms. The molecule has 0 heterocycles. The molecule has 0 atom stereocenters. The average Bonchev–Trinajstić information content (AvgIpc) is 3.19. The Bertz CT molecular complexity index is 2080. The number of alkyl halides is 6. The first kappa shape index (κ1) is 46.1. The van der Waals surface area contributed by atoms with Gasteiger partial charge in [-0.05, 0) is 65.7 Å². The van der Waals surface area contributed by atoms with Crippen molar-refractivity contribution in [2.75, 3.05) is 26.3 Å². The van der Waals surface area contributed by atoms with Gasteiger partial charge in [0.05, 0.1) is 6.61 Å². The molecule has 4 N–H and O–H groups in total. The Kier molecular flexibility index (Phi) is 19.7. The number of aliphatic hydroxyl groups excluding tert-OH is 1. The summed E-state index contributed by atoms with van der Waals surface area (Å²) >= 11 is 0. The summed E-state index contributed by atoms with van der Waals surface area (Å²) in [4.78, 5) is 41.4. The molecule has 4 aromatic carbocycles. The van der Waals surface area contributed by atoms with Gasteiger partial charge in [0.25, 0.3) is 0 Å². The minimum atomic E-state index is -5.03. The number of rotatable bonds is 9. The number of aliphatic hydroxyl groups is 1. The van der Waals surface area contributed by atoms with Gasteiger partial charge in [-0.15, -0.1) is 0 Å². The van der Waals surface area contributed by atoms with Crippen molar-refractivity contribution in [1.29, 1.82) is 0 Å². The van der Waals surface area contributed by atoms with Crippen molar-refractivity contribution in [3.63, 3.8) is 0 Å². The van der Waals surface area contributed by atoms with E-state index in [1.54, 1.807) is 12.2 Å². The topological polar surface area (TPSA) is 142 Å². The molecule has 0 radical (unpaired) electrons. The number of nitrogens with one attached hydrogen (secondary N) is 2. The third-order valence-corrected chi connectivity index (χ3v) is 6.45. The van der Waals surface area contributed by atoms with Crippen molar-refractivity contribution < 1.29 is 60.5 Å². The Morgan fingerprint density at radius 2 is 0.930 bits per heavy atom. The van der Waals surface area contributed by atoms with Gasteiger partial charge in [0.2, 0.25) is 0 Å². The molecule has 0 aliphatic carbocycles. The fourth-order valence-corrected chi connectivity index (χ4v) is 3.76. The number of hydrogen-bond acceptors (Lipinski definition) is 6. The molecular weight excluding hydrogens is 758 g/mol. The Morgan fingerprint density at radius 1 is 0.561 bits per heavy atom. The SMILES string of the molecule is O=C(CNC(=O)C(F)(F)F)OC/C=C/c1ccc(C#Cc2ccccc2)cc1.O=C(O)CNC(=O)C(F)(F)F.OC/C=C/c1ccc(C#Cc2ccccc2)cc1. The van der Waals surface area contributed by atoms with Crippen molar-refractivity contribution in [1.82, 2.24) is 10.6 Å². The molecular formula is C42H34F6N2O7. The number of esters is 1. The van der Waals surface area contributed by atoms with Gasteiger partial charge >= 0.3 is 36.1 Å². The predicted molar refractivity (Wildman–Crippen MR) is 200 cm³/mol. The number of carboxylic acids is 1. The molecule has 0 unspecified atom stereocenters. The lowest BCUT2D eigenvalue weighted by Gasteiger charge is -2.07. The summed E-state index contributed by atoms with van der Waals surface area (Å²) in [6, 6.07) is 34.8. The van der Waals surface area contributed by atoms with Gasteiger partial charge in [0.15, 0.2) is 0 Å². The van der Waals surface area contributed by atoms with Gasteiger partial charge in [-0.3, -0.25) is 19.2 Å². The van der Waals surface area contributed by atoms with E-state index in [0.29, 0.717) is 0 Å².